The van der Waals surface area contributed by atoms with Crippen molar-refractivity contribution in [3.05, 3.63) is 47.5 Å². The zero-order valence-electron chi connectivity index (χ0n) is 17.9. The average Bonchev–Trinajstić information content (AvgIpc) is 2.73. The molecule has 0 aliphatic carbocycles. The van der Waals surface area contributed by atoms with Crippen molar-refractivity contribution in [2.24, 2.45) is 5.92 Å². The lowest BCUT2D eigenvalue weighted by Gasteiger charge is -2.28. The van der Waals surface area contributed by atoms with E-state index in [4.69, 9.17) is 9.47 Å². The number of fused-ring (bicyclic) bond motifs is 1. The molecule has 3 N–H and O–H groups in total. The number of ether oxygens (including phenoxy) is 2. The van der Waals surface area contributed by atoms with Gasteiger partial charge in [-0.3, -0.25) is 9.59 Å². The third-order valence-electron chi connectivity index (χ3n) is 5.04. The molecule has 2 aromatic rings. The highest BCUT2D eigenvalue weighted by atomic mass is 16.5. The Morgan fingerprint density at radius 3 is 2.53 bits per heavy atom. The fourth-order valence-corrected chi connectivity index (χ4v) is 3.48. The van der Waals surface area contributed by atoms with Gasteiger partial charge in [0.2, 0.25) is 5.91 Å². The van der Waals surface area contributed by atoms with Crippen molar-refractivity contribution < 1.29 is 19.1 Å². The largest absolute Gasteiger partial charge is 0.493 e. The minimum Gasteiger partial charge on any atom is -0.493 e. The summed E-state index contributed by atoms with van der Waals surface area (Å²) in [6.45, 7) is 4.65. The summed E-state index contributed by atoms with van der Waals surface area (Å²) in [6.07, 6.45) is 1.41. The van der Waals surface area contributed by atoms with E-state index < -0.39 is 0 Å². The number of nitrogens with one attached hydrogen (secondary N) is 3. The van der Waals surface area contributed by atoms with Gasteiger partial charge in [0.15, 0.2) is 11.5 Å². The lowest BCUT2D eigenvalue weighted by atomic mass is 10.00. The molecule has 160 valence electrons. The van der Waals surface area contributed by atoms with Gasteiger partial charge in [0.1, 0.15) is 6.04 Å². The van der Waals surface area contributed by atoms with Crippen molar-refractivity contribution in [3.63, 3.8) is 0 Å². The molecular weight excluding hydrogens is 382 g/mol. The van der Waals surface area contributed by atoms with Crippen LogP contribution in [-0.2, 0) is 11.2 Å². The summed E-state index contributed by atoms with van der Waals surface area (Å²) in [7, 11) is 3.19. The van der Waals surface area contributed by atoms with Gasteiger partial charge in [-0.05, 0) is 54.7 Å². The van der Waals surface area contributed by atoms with Crippen LogP contribution in [0.1, 0.15) is 36.2 Å². The van der Waals surface area contributed by atoms with E-state index in [0.29, 0.717) is 41.6 Å². The Balaban J connectivity index is 1.59. The molecule has 0 unspecified atom stereocenters. The summed E-state index contributed by atoms with van der Waals surface area (Å²) < 4.78 is 10.6. The number of carbonyl (C=O) groups excluding carboxylic acids is 2. The molecule has 7 nitrogen and oxygen atoms in total. The first kappa shape index (κ1) is 21.5. The van der Waals surface area contributed by atoms with E-state index in [-0.39, 0.29) is 17.9 Å². The fourth-order valence-electron chi connectivity index (χ4n) is 3.48. The Morgan fingerprint density at radius 1 is 1.07 bits per heavy atom. The zero-order valence-corrected chi connectivity index (χ0v) is 17.9. The van der Waals surface area contributed by atoms with E-state index in [1.807, 2.05) is 24.3 Å². The van der Waals surface area contributed by atoms with E-state index in [9.17, 15) is 9.59 Å². The summed E-state index contributed by atoms with van der Waals surface area (Å²) in [5.41, 5.74) is 3.01. The number of amides is 2. The molecule has 1 aliphatic heterocycles. The smallest absolute Gasteiger partial charge is 0.251 e. The number of methoxy groups -OCH3 is 2. The summed E-state index contributed by atoms with van der Waals surface area (Å²) in [5.74, 6) is 1.49. The maximum Gasteiger partial charge on any atom is 0.251 e. The fraction of sp³-hybridized carbons (Fsp3) is 0.391. The van der Waals surface area contributed by atoms with Gasteiger partial charge in [-0.25, -0.2) is 0 Å². The molecule has 1 atom stereocenters. The van der Waals surface area contributed by atoms with Crippen LogP contribution in [0.5, 0.6) is 11.5 Å². The number of anilines is 2. The predicted octanol–water partition coefficient (Wildman–Crippen LogP) is 3.46. The van der Waals surface area contributed by atoms with E-state index in [0.717, 1.165) is 17.7 Å². The second kappa shape index (κ2) is 9.52. The second-order valence-electron chi connectivity index (χ2n) is 7.77. The molecule has 0 spiro atoms. The lowest BCUT2D eigenvalue weighted by Crippen LogP contribution is -2.39. The van der Waals surface area contributed by atoms with Crippen LogP contribution in [-0.4, -0.2) is 38.6 Å². The number of benzene rings is 2. The molecule has 0 saturated heterocycles. The Bertz CT molecular complexity index is 927. The van der Waals surface area contributed by atoms with Gasteiger partial charge in [0, 0.05) is 12.1 Å². The molecule has 2 amide bonds. The van der Waals surface area contributed by atoms with Crippen molar-refractivity contribution >= 4 is 23.2 Å². The standard InChI is InChI=1S/C23H29N3O4/c1-14(2)11-19-23(28)26-18-13-16(6-7-17(18)25-19)22(27)24-10-9-15-5-8-20(29-3)21(12-15)30-4/h5-8,12-14,19,25H,9-11H2,1-4H3,(H,24,27)(H,26,28)/t19-/m0/s1. The van der Waals surface area contributed by atoms with E-state index in [2.05, 4.69) is 29.8 Å². The summed E-state index contributed by atoms with van der Waals surface area (Å²) in [5, 5.41) is 9.09. The molecule has 2 aromatic carbocycles. The molecule has 7 heteroatoms. The molecule has 0 saturated carbocycles. The molecule has 1 aliphatic rings. The minimum absolute atomic E-state index is 0.0674. The Labute approximate surface area is 177 Å². The van der Waals surface area contributed by atoms with Gasteiger partial charge in [-0.15, -0.1) is 0 Å². The number of hydrogen-bond donors (Lipinski definition) is 3. The average molecular weight is 412 g/mol. The van der Waals surface area contributed by atoms with Crippen LogP contribution in [0.25, 0.3) is 0 Å². The van der Waals surface area contributed by atoms with Crippen molar-refractivity contribution in [1.82, 2.24) is 5.32 Å². The Morgan fingerprint density at radius 2 is 1.83 bits per heavy atom. The van der Waals surface area contributed by atoms with Crippen LogP contribution in [0.2, 0.25) is 0 Å². The van der Waals surface area contributed by atoms with Crippen LogP contribution in [0.3, 0.4) is 0 Å². The van der Waals surface area contributed by atoms with Gasteiger partial charge < -0.3 is 25.4 Å². The quantitative estimate of drug-likeness (QED) is 0.619. The minimum atomic E-state index is -0.251. The molecular formula is C23H29N3O4. The van der Waals surface area contributed by atoms with E-state index >= 15 is 0 Å². The first-order chi connectivity index (χ1) is 14.4. The number of rotatable bonds is 8. The van der Waals surface area contributed by atoms with Crippen molar-refractivity contribution in [3.8, 4) is 11.5 Å². The van der Waals surface area contributed by atoms with Crippen LogP contribution < -0.4 is 25.4 Å². The highest BCUT2D eigenvalue weighted by Gasteiger charge is 2.26. The first-order valence-corrected chi connectivity index (χ1v) is 10.1. The summed E-state index contributed by atoms with van der Waals surface area (Å²) in [4.78, 5) is 24.9. The normalized spacial score (nSPS) is 15.1. The molecule has 1 heterocycles. The van der Waals surface area contributed by atoms with Gasteiger partial charge in [-0.1, -0.05) is 19.9 Å². The van der Waals surface area contributed by atoms with E-state index in [1.165, 1.54) is 0 Å². The third kappa shape index (κ3) is 5.03. The van der Waals surface area contributed by atoms with Crippen LogP contribution in [0.4, 0.5) is 11.4 Å². The topological polar surface area (TPSA) is 88.7 Å². The maximum atomic E-state index is 12.5. The van der Waals surface area contributed by atoms with E-state index in [1.54, 1.807) is 26.4 Å². The van der Waals surface area contributed by atoms with Crippen LogP contribution in [0.15, 0.2) is 36.4 Å². The van der Waals surface area contributed by atoms with Crippen molar-refractivity contribution in [2.45, 2.75) is 32.7 Å². The van der Waals surface area contributed by atoms with Gasteiger partial charge in [0.25, 0.3) is 5.91 Å². The highest BCUT2D eigenvalue weighted by Crippen LogP contribution is 2.30. The first-order valence-electron chi connectivity index (χ1n) is 10.1. The molecule has 0 aromatic heterocycles. The molecule has 0 radical (unpaired) electrons. The molecule has 0 fully saturated rings. The molecule has 0 bridgehead atoms. The van der Waals surface area contributed by atoms with Crippen molar-refractivity contribution in [1.29, 1.82) is 0 Å². The van der Waals surface area contributed by atoms with Crippen LogP contribution >= 0.6 is 0 Å². The SMILES string of the molecule is COc1ccc(CCNC(=O)c2ccc3c(c2)NC(=O)[C@H](CC(C)C)N3)cc1OC. The van der Waals surface area contributed by atoms with Crippen LogP contribution in [0, 0.1) is 5.92 Å². The highest BCUT2D eigenvalue weighted by molar-refractivity contribution is 6.05. The second-order valence-corrected chi connectivity index (χ2v) is 7.77. The van der Waals surface area contributed by atoms with Gasteiger partial charge in [0.05, 0.1) is 25.6 Å². The zero-order chi connectivity index (χ0) is 21.7. The maximum absolute atomic E-state index is 12.5. The predicted molar refractivity (Wildman–Crippen MR) is 118 cm³/mol. The van der Waals surface area contributed by atoms with Gasteiger partial charge in [-0.2, -0.15) is 0 Å². The Hall–Kier alpha value is -3.22. The number of carbonyl (C=O) groups is 2. The summed E-state index contributed by atoms with van der Waals surface area (Å²) >= 11 is 0. The Kier molecular flexibility index (Phi) is 6.82. The van der Waals surface area contributed by atoms with Crippen molar-refractivity contribution in [2.75, 3.05) is 31.4 Å². The summed E-state index contributed by atoms with van der Waals surface area (Å²) in [6, 6.07) is 10.8. The lowest BCUT2D eigenvalue weighted by molar-refractivity contribution is -0.117. The monoisotopic (exact) mass is 411 g/mol. The third-order valence-corrected chi connectivity index (χ3v) is 5.04. The molecule has 3 rings (SSSR count). The molecule has 30 heavy (non-hydrogen) atoms. The number of hydrogen-bond acceptors (Lipinski definition) is 5. The van der Waals surface area contributed by atoms with Gasteiger partial charge >= 0.3 is 0 Å².